The maximum atomic E-state index is 4.28. The summed E-state index contributed by atoms with van der Waals surface area (Å²) in [6.45, 7) is 10.1. The first-order chi connectivity index (χ1) is 8.75. The zero-order valence-electron chi connectivity index (χ0n) is 11.9. The van der Waals surface area contributed by atoms with E-state index in [1.54, 1.807) is 6.20 Å². The summed E-state index contributed by atoms with van der Waals surface area (Å²) in [5.41, 5.74) is 3.04. The average molecular weight is 262 g/mol. The Morgan fingerprint density at radius 1 is 0.833 bits per heavy atom. The van der Waals surface area contributed by atoms with Crippen molar-refractivity contribution in [2.45, 2.75) is 34.6 Å². The molecule has 2 aromatic heterocycles. The average Bonchev–Trinajstić information content (AvgIpc) is 2.43. The Kier molecular flexibility index (Phi) is 9.04. The van der Waals surface area contributed by atoms with Gasteiger partial charge in [0.15, 0.2) is 0 Å². The van der Waals surface area contributed by atoms with E-state index in [4.69, 9.17) is 0 Å². The normalized spacial score (nSPS) is 8.56. The molecule has 0 N–H and O–H groups in total. The summed E-state index contributed by atoms with van der Waals surface area (Å²) in [6.07, 6.45) is 3.60. The third-order valence-electron chi connectivity index (χ3n) is 1.96. The van der Waals surface area contributed by atoms with E-state index < -0.39 is 0 Å². The topological polar surface area (TPSA) is 25.8 Å². The van der Waals surface area contributed by atoms with Crippen molar-refractivity contribution in [2.24, 2.45) is 0 Å². The van der Waals surface area contributed by atoms with E-state index in [1.807, 2.05) is 58.2 Å². The molecule has 0 spiro atoms. The van der Waals surface area contributed by atoms with Crippen LogP contribution >= 0.6 is 9.24 Å². The number of rotatable bonds is 1. The minimum atomic E-state index is 0.918. The number of aromatic nitrogens is 2. The van der Waals surface area contributed by atoms with E-state index in [0.29, 0.717) is 0 Å². The molecule has 2 rings (SSSR count). The highest BCUT2D eigenvalue weighted by molar-refractivity contribution is 7.27. The molecule has 0 aliphatic rings. The monoisotopic (exact) mass is 262 g/mol. The lowest BCUT2D eigenvalue weighted by atomic mass is 10.2. The fourth-order valence-corrected chi connectivity index (χ4v) is 1.51. The molecule has 0 amide bonds. The molecule has 0 aliphatic heterocycles. The lowest BCUT2D eigenvalue weighted by molar-refractivity contribution is 1.23. The van der Waals surface area contributed by atoms with Gasteiger partial charge in [0.05, 0.1) is 11.4 Å². The molecule has 0 aliphatic carbocycles. The van der Waals surface area contributed by atoms with Crippen molar-refractivity contribution >= 4 is 14.5 Å². The summed E-state index contributed by atoms with van der Waals surface area (Å²) in [4.78, 5) is 8.55. The van der Waals surface area contributed by atoms with Crippen molar-refractivity contribution in [1.29, 1.82) is 0 Å². The van der Waals surface area contributed by atoms with E-state index >= 15 is 0 Å². The summed E-state index contributed by atoms with van der Waals surface area (Å²) < 4.78 is 0. The molecule has 0 radical (unpaired) electrons. The fraction of sp³-hybridized carbons (Fsp3) is 0.333. The lowest BCUT2D eigenvalue weighted by Crippen LogP contribution is -1.94. The van der Waals surface area contributed by atoms with Gasteiger partial charge in [-0.1, -0.05) is 27.7 Å². The number of nitrogens with zero attached hydrogens (tertiary/aromatic N) is 2. The van der Waals surface area contributed by atoms with Gasteiger partial charge in [-0.05, 0) is 42.1 Å². The Morgan fingerprint density at radius 2 is 1.33 bits per heavy atom. The van der Waals surface area contributed by atoms with Gasteiger partial charge in [0.2, 0.25) is 0 Å². The molecular formula is C15H23N2P. The van der Waals surface area contributed by atoms with Gasteiger partial charge in [-0.2, -0.15) is 0 Å². The van der Waals surface area contributed by atoms with E-state index in [2.05, 4.69) is 26.1 Å². The van der Waals surface area contributed by atoms with Crippen molar-refractivity contribution in [3.63, 3.8) is 0 Å². The highest BCUT2D eigenvalue weighted by Crippen LogP contribution is 2.13. The summed E-state index contributed by atoms with van der Waals surface area (Å²) in [5, 5.41) is 1.12. The molecule has 1 unspecified atom stereocenters. The van der Waals surface area contributed by atoms with Crippen molar-refractivity contribution in [3.8, 4) is 11.4 Å². The molecule has 2 nitrogen and oxygen atoms in total. The molecule has 2 aromatic rings. The Labute approximate surface area is 113 Å². The number of aryl methyl sites for hydroxylation is 1. The SMILES string of the molecule is CC.CC.Cc1ccnc(-c2cc(P)ccn2)c1. The second-order valence-electron chi connectivity index (χ2n) is 3.19. The van der Waals surface area contributed by atoms with E-state index in [1.165, 1.54) is 5.56 Å². The van der Waals surface area contributed by atoms with Crippen LogP contribution < -0.4 is 5.30 Å². The summed E-state index contributed by atoms with van der Waals surface area (Å²) in [7, 11) is 2.66. The minimum absolute atomic E-state index is 0.918. The Hall–Kier alpha value is -1.27. The van der Waals surface area contributed by atoms with Gasteiger partial charge in [-0.25, -0.2) is 0 Å². The van der Waals surface area contributed by atoms with Crippen LogP contribution in [0.25, 0.3) is 11.4 Å². The standard InChI is InChI=1S/C11H11N2P.2C2H6/c1-8-2-4-12-10(6-8)11-7-9(14)3-5-13-11;2*1-2/h2-7H,14H2,1H3;2*1-2H3. The molecule has 1 atom stereocenters. The molecule has 0 aromatic carbocycles. The van der Waals surface area contributed by atoms with Crippen LogP contribution in [0.5, 0.6) is 0 Å². The molecule has 0 fully saturated rings. The molecule has 0 bridgehead atoms. The number of hydrogen-bond acceptors (Lipinski definition) is 2. The quantitative estimate of drug-likeness (QED) is 0.726. The predicted molar refractivity (Wildman–Crippen MR) is 84.2 cm³/mol. The fourth-order valence-electron chi connectivity index (χ4n) is 1.26. The summed E-state index contributed by atoms with van der Waals surface area (Å²) in [5.74, 6) is 0. The molecule has 18 heavy (non-hydrogen) atoms. The highest BCUT2D eigenvalue weighted by Gasteiger charge is 2.00. The summed E-state index contributed by atoms with van der Waals surface area (Å²) >= 11 is 0. The van der Waals surface area contributed by atoms with Crippen LogP contribution in [0.4, 0.5) is 0 Å². The van der Waals surface area contributed by atoms with Gasteiger partial charge in [0.1, 0.15) is 0 Å². The smallest absolute Gasteiger partial charge is 0.0892 e. The van der Waals surface area contributed by atoms with Crippen LogP contribution in [-0.2, 0) is 0 Å². The molecule has 2 heterocycles. The van der Waals surface area contributed by atoms with Gasteiger partial charge >= 0.3 is 0 Å². The first kappa shape index (κ1) is 16.7. The highest BCUT2D eigenvalue weighted by atomic mass is 31.0. The zero-order valence-corrected chi connectivity index (χ0v) is 13.1. The predicted octanol–water partition coefficient (Wildman–Crippen LogP) is 4.00. The lowest BCUT2D eigenvalue weighted by Gasteiger charge is -2.01. The number of pyridine rings is 2. The summed E-state index contributed by atoms with van der Waals surface area (Å²) in [6, 6.07) is 7.97. The zero-order chi connectivity index (χ0) is 14.0. The Morgan fingerprint density at radius 3 is 1.83 bits per heavy atom. The van der Waals surface area contributed by atoms with Crippen LogP contribution in [0.3, 0.4) is 0 Å². The first-order valence-electron chi connectivity index (χ1n) is 6.40. The van der Waals surface area contributed by atoms with Crippen molar-refractivity contribution in [1.82, 2.24) is 9.97 Å². The Bertz CT molecular complexity index is 412. The minimum Gasteiger partial charge on any atom is -0.255 e. The second-order valence-corrected chi connectivity index (χ2v) is 3.86. The number of hydrogen-bond donors (Lipinski definition) is 0. The maximum absolute atomic E-state index is 4.28. The largest absolute Gasteiger partial charge is 0.255 e. The van der Waals surface area contributed by atoms with Gasteiger partial charge < -0.3 is 0 Å². The second kappa shape index (κ2) is 9.73. The van der Waals surface area contributed by atoms with Gasteiger partial charge in [0, 0.05) is 12.4 Å². The maximum Gasteiger partial charge on any atom is 0.0892 e. The third-order valence-corrected chi connectivity index (χ3v) is 2.32. The van der Waals surface area contributed by atoms with Crippen LogP contribution in [-0.4, -0.2) is 9.97 Å². The van der Waals surface area contributed by atoms with Gasteiger partial charge in [0.25, 0.3) is 0 Å². The van der Waals surface area contributed by atoms with Crippen LogP contribution in [0.15, 0.2) is 36.7 Å². The van der Waals surface area contributed by atoms with E-state index in [9.17, 15) is 0 Å². The van der Waals surface area contributed by atoms with Crippen molar-refractivity contribution in [2.75, 3.05) is 0 Å². The van der Waals surface area contributed by atoms with Crippen molar-refractivity contribution < 1.29 is 0 Å². The molecule has 3 heteroatoms. The first-order valence-corrected chi connectivity index (χ1v) is 6.98. The van der Waals surface area contributed by atoms with Crippen molar-refractivity contribution in [3.05, 3.63) is 42.2 Å². The molecule has 0 saturated carbocycles. The third kappa shape index (κ3) is 5.37. The van der Waals surface area contributed by atoms with E-state index in [-0.39, 0.29) is 0 Å². The van der Waals surface area contributed by atoms with Crippen LogP contribution in [0.2, 0.25) is 0 Å². The van der Waals surface area contributed by atoms with Crippen LogP contribution in [0, 0.1) is 6.92 Å². The van der Waals surface area contributed by atoms with Gasteiger partial charge in [-0.3, -0.25) is 9.97 Å². The molecule has 98 valence electrons. The van der Waals surface area contributed by atoms with E-state index in [0.717, 1.165) is 16.7 Å². The van der Waals surface area contributed by atoms with Gasteiger partial charge in [-0.15, -0.1) is 9.24 Å². The molecule has 0 saturated heterocycles. The molecular weight excluding hydrogens is 239 g/mol. The van der Waals surface area contributed by atoms with Crippen LogP contribution in [0.1, 0.15) is 33.3 Å². The Balaban J connectivity index is 0.000000659.